The third-order valence-corrected chi connectivity index (χ3v) is 4.44. The van der Waals surface area contributed by atoms with Crippen LogP contribution in [0.4, 0.5) is 0 Å². The van der Waals surface area contributed by atoms with Gasteiger partial charge >= 0.3 is 0 Å². The van der Waals surface area contributed by atoms with Crippen LogP contribution >= 0.6 is 11.3 Å². The molecule has 0 saturated carbocycles. The lowest BCUT2D eigenvalue weighted by atomic mass is 10.2. The van der Waals surface area contributed by atoms with E-state index >= 15 is 0 Å². The van der Waals surface area contributed by atoms with Crippen molar-refractivity contribution in [3.05, 3.63) is 65.4 Å². The molecule has 3 aromatic rings. The van der Waals surface area contributed by atoms with Crippen LogP contribution in [0.2, 0.25) is 0 Å². The zero-order valence-electron chi connectivity index (χ0n) is 13.1. The van der Waals surface area contributed by atoms with Crippen molar-refractivity contribution in [1.29, 1.82) is 0 Å². The molecule has 23 heavy (non-hydrogen) atoms. The van der Waals surface area contributed by atoms with Crippen LogP contribution in [0.1, 0.15) is 11.3 Å². The van der Waals surface area contributed by atoms with Crippen LogP contribution in [0.15, 0.2) is 58.5 Å². The number of hydrogen-bond donors (Lipinski definition) is 0. The average molecular weight is 328 g/mol. The van der Waals surface area contributed by atoms with Gasteiger partial charge in [-0.2, -0.15) is 0 Å². The van der Waals surface area contributed by atoms with E-state index in [2.05, 4.69) is 39.5 Å². The van der Waals surface area contributed by atoms with Gasteiger partial charge in [-0.15, -0.1) is 11.3 Å². The highest BCUT2D eigenvalue weighted by Crippen LogP contribution is 2.24. The molecular weight excluding hydrogens is 308 g/mol. The summed E-state index contributed by atoms with van der Waals surface area (Å²) in [5.74, 6) is 0.827. The average Bonchev–Trinajstić information content (AvgIpc) is 3.25. The number of hydrogen-bond acceptors (Lipinski definition) is 5. The van der Waals surface area contributed by atoms with Gasteiger partial charge in [0, 0.05) is 32.1 Å². The van der Waals surface area contributed by atoms with E-state index < -0.39 is 0 Å². The van der Waals surface area contributed by atoms with Gasteiger partial charge in [0.2, 0.25) is 0 Å². The van der Waals surface area contributed by atoms with Crippen molar-refractivity contribution in [2.75, 3.05) is 20.3 Å². The fourth-order valence-electron chi connectivity index (χ4n) is 2.40. The summed E-state index contributed by atoms with van der Waals surface area (Å²) >= 11 is 1.62. The smallest absolute Gasteiger partial charge is 0.162 e. The van der Waals surface area contributed by atoms with E-state index in [-0.39, 0.29) is 0 Å². The maximum absolute atomic E-state index is 5.41. The second kappa shape index (κ2) is 8.06. The van der Waals surface area contributed by atoms with Gasteiger partial charge in [-0.1, -0.05) is 30.3 Å². The lowest BCUT2D eigenvalue weighted by Gasteiger charge is -2.21. The summed E-state index contributed by atoms with van der Waals surface area (Å²) in [5.41, 5.74) is 2.36. The second-order valence-electron chi connectivity index (χ2n) is 5.31. The standard InChI is InChI=1S/C18H20N2O2S/c1-21-11-9-20(12-15-6-3-2-4-7-15)13-16-14-23-18(19-16)17-8-5-10-22-17/h2-8,10,14H,9,11-13H2,1H3. The summed E-state index contributed by atoms with van der Waals surface area (Å²) in [4.78, 5) is 7.03. The minimum atomic E-state index is 0.710. The Labute approximate surface area is 140 Å². The first kappa shape index (κ1) is 15.9. The van der Waals surface area contributed by atoms with Crippen molar-refractivity contribution in [2.24, 2.45) is 0 Å². The predicted molar refractivity (Wildman–Crippen MR) is 92.2 cm³/mol. The Balaban J connectivity index is 1.68. The Morgan fingerprint density at radius 3 is 2.74 bits per heavy atom. The summed E-state index contributed by atoms with van der Waals surface area (Å²) in [5, 5.41) is 3.03. The van der Waals surface area contributed by atoms with E-state index in [1.54, 1.807) is 24.7 Å². The Bertz CT molecular complexity index is 695. The molecule has 2 aromatic heterocycles. The summed E-state index contributed by atoms with van der Waals surface area (Å²) < 4.78 is 10.7. The molecule has 0 aliphatic rings. The summed E-state index contributed by atoms with van der Waals surface area (Å²) in [6.45, 7) is 3.27. The highest BCUT2D eigenvalue weighted by Gasteiger charge is 2.11. The van der Waals surface area contributed by atoms with Crippen LogP contribution in [0.25, 0.3) is 10.8 Å². The molecule has 4 nitrogen and oxygen atoms in total. The van der Waals surface area contributed by atoms with E-state index in [1.807, 2.05) is 18.2 Å². The highest BCUT2D eigenvalue weighted by molar-refractivity contribution is 7.13. The largest absolute Gasteiger partial charge is 0.462 e. The quantitative estimate of drug-likeness (QED) is 0.625. The van der Waals surface area contributed by atoms with Crippen LogP contribution in [0, 0.1) is 0 Å². The Morgan fingerprint density at radius 2 is 2.00 bits per heavy atom. The summed E-state index contributed by atoms with van der Waals surface area (Å²) in [7, 11) is 1.73. The van der Waals surface area contributed by atoms with Gasteiger partial charge in [0.05, 0.1) is 18.6 Å². The first-order valence-corrected chi connectivity index (χ1v) is 8.46. The van der Waals surface area contributed by atoms with Crippen molar-refractivity contribution in [3.8, 4) is 10.8 Å². The molecule has 3 rings (SSSR count). The zero-order chi connectivity index (χ0) is 15.9. The molecule has 0 radical (unpaired) electrons. The maximum Gasteiger partial charge on any atom is 0.162 e. The summed E-state index contributed by atoms with van der Waals surface area (Å²) in [6, 6.07) is 14.3. The highest BCUT2D eigenvalue weighted by atomic mass is 32.1. The first-order chi connectivity index (χ1) is 11.3. The van der Waals surface area contributed by atoms with Crippen molar-refractivity contribution >= 4 is 11.3 Å². The van der Waals surface area contributed by atoms with Gasteiger partial charge < -0.3 is 9.15 Å². The molecular formula is C18H20N2O2S. The number of aromatic nitrogens is 1. The van der Waals surface area contributed by atoms with E-state index in [0.29, 0.717) is 6.61 Å². The second-order valence-corrected chi connectivity index (χ2v) is 6.17. The SMILES string of the molecule is COCCN(Cc1ccccc1)Cc1csc(-c2ccco2)n1. The van der Waals surface area contributed by atoms with E-state index in [9.17, 15) is 0 Å². The van der Waals surface area contributed by atoms with Gasteiger partial charge in [0.15, 0.2) is 10.8 Å². The summed E-state index contributed by atoms with van der Waals surface area (Å²) in [6.07, 6.45) is 1.68. The molecule has 0 aliphatic carbocycles. The van der Waals surface area contributed by atoms with Crippen LogP contribution in [0.5, 0.6) is 0 Å². The fraction of sp³-hybridized carbons (Fsp3) is 0.278. The monoisotopic (exact) mass is 328 g/mol. The van der Waals surface area contributed by atoms with Gasteiger partial charge in [-0.3, -0.25) is 4.90 Å². The van der Waals surface area contributed by atoms with Gasteiger partial charge in [0.25, 0.3) is 0 Å². The van der Waals surface area contributed by atoms with E-state index in [4.69, 9.17) is 9.15 Å². The molecule has 2 heterocycles. The first-order valence-electron chi connectivity index (χ1n) is 7.58. The number of rotatable bonds is 8. The van der Waals surface area contributed by atoms with E-state index in [0.717, 1.165) is 36.1 Å². The Hall–Kier alpha value is -1.95. The molecule has 0 fully saturated rings. The van der Waals surface area contributed by atoms with Crippen LogP contribution in [-0.4, -0.2) is 30.1 Å². The van der Waals surface area contributed by atoms with Gasteiger partial charge in [-0.05, 0) is 17.7 Å². The zero-order valence-corrected chi connectivity index (χ0v) is 14.0. The van der Waals surface area contributed by atoms with Crippen molar-refractivity contribution in [2.45, 2.75) is 13.1 Å². The molecule has 0 atom stereocenters. The number of nitrogens with zero attached hydrogens (tertiary/aromatic N) is 2. The van der Waals surface area contributed by atoms with Crippen molar-refractivity contribution in [1.82, 2.24) is 9.88 Å². The molecule has 0 aliphatic heterocycles. The third kappa shape index (κ3) is 4.51. The van der Waals surface area contributed by atoms with E-state index in [1.165, 1.54) is 5.56 Å². The normalized spacial score (nSPS) is 11.2. The number of benzene rings is 1. The molecule has 120 valence electrons. The molecule has 5 heteroatoms. The maximum atomic E-state index is 5.41. The van der Waals surface area contributed by atoms with Gasteiger partial charge in [0.1, 0.15) is 0 Å². The molecule has 0 unspecified atom stereocenters. The van der Waals surface area contributed by atoms with Crippen LogP contribution in [-0.2, 0) is 17.8 Å². The molecule has 0 spiro atoms. The topological polar surface area (TPSA) is 38.5 Å². The molecule has 0 N–H and O–H groups in total. The predicted octanol–water partition coefficient (Wildman–Crippen LogP) is 4.05. The van der Waals surface area contributed by atoms with Gasteiger partial charge in [-0.25, -0.2) is 4.98 Å². The molecule has 0 saturated heterocycles. The van der Waals surface area contributed by atoms with Crippen molar-refractivity contribution < 1.29 is 9.15 Å². The minimum absolute atomic E-state index is 0.710. The molecule has 0 bridgehead atoms. The lowest BCUT2D eigenvalue weighted by molar-refractivity contribution is 0.139. The van der Waals surface area contributed by atoms with Crippen LogP contribution in [0.3, 0.4) is 0 Å². The molecule has 0 amide bonds. The third-order valence-electron chi connectivity index (χ3n) is 3.53. The Morgan fingerprint density at radius 1 is 1.13 bits per heavy atom. The number of ether oxygens (including phenoxy) is 1. The number of thiazole rings is 1. The molecule has 1 aromatic carbocycles. The number of furan rings is 1. The fourth-order valence-corrected chi connectivity index (χ4v) is 3.18. The van der Waals surface area contributed by atoms with Crippen LogP contribution < -0.4 is 0 Å². The van der Waals surface area contributed by atoms with Crippen molar-refractivity contribution in [3.63, 3.8) is 0 Å². The minimum Gasteiger partial charge on any atom is -0.462 e. The Kier molecular flexibility index (Phi) is 5.58. The number of methoxy groups -OCH3 is 1. The lowest BCUT2D eigenvalue weighted by Crippen LogP contribution is -2.26.